The van der Waals surface area contributed by atoms with Gasteiger partial charge in [-0.3, -0.25) is 0 Å². The highest BCUT2D eigenvalue weighted by molar-refractivity contribution is 9.10. The topological polar surface area (TPSA) is 26.0 Å². The fourth-order valence-corrected chi connectivity index (χ4v) is 2.41. The zero-order valence-corrected chi connectivity index (χ0v) is 11.6. The number of hydrogen-bond donors (Lipinski definition) is 1. The van der Waals surface area contributed by atoms with E-state index in [0.717, 1.165) is 12.0 Å². The maximum absolute atomic E-state index is 13.4. The van der Waals surface area contributed by atoms with Gasteiger partial charge in [-0.05, 0) is 52.7 Å². The standard InChI is InChI=1S/C13H19BrFN/c1-8(2)11(9(3)16)7-10-5-4-6-12(15)13(10)14/h4-6,8-9,11H,7,16H2,1-3H3. The van der Waals surface area contributed by atoms with Crippen molar-refractivity contribution < 1.29 is 4.39 Å². The lowest BCUT2D eigenvalue weighted by atomic mass is 9.84. The van der Waals surface area contributed by atoms with Gasteiger partial charge in [0.2, 0.25) is 0 Å². The van der Waals surface area contributed by atoms with Crippen LogP contribution in [0.4, 0.5) is 4.39 Å². The van der Waals surface area contributed by atoms with Crippen LogP contribution in [0.2, 0.25) is 0 Å². The minimum absolute atomic E-state index is 0.121. The molecule has 1 aromatic carbocycles. The number of hydrogen-bond acceptors (Lipinski definition) is 1. The average molecular weight is 288 g/mol. The minimum atomic E-state index is -0.204. The molecule has 0 heterocycles. The van der Waals surface area contributed by atoms with Crippen LogP contribution in [0.1, 0.15) is 26.3 Å². The third-order valence-electron chi connectivity index (χ3n) is 3.02. The van der Waals surface area contributed by atoms with Crippen LogP contribution in [0.25, 0.3) is 0 Å². The summed E-state index contributed by atoms with van der Waals surface area (Å²) >= 11 is 3.29. The van der Waals surface area contributed by atoms with Crippen molar-refractivity contribution in [2.45, 2.75) is 33.2 Å². The zero-order valence-electron chi connectivity index (χ0n) is 10.0. The molecule has 1 aromatic rings. The molecule has 0 amide bonds. The Morgan fingerprint density at radius 2 is 1.94 bits per heavy atom. The van der Waals surface area contributed by atoms with Crippen molar-refractivity contribution >= 4 is 15.9 Å². The smallest absolute Gasteiger partial charge is 0.137 e. The van der Waals surface area contributed by atoms with E-state index in [1.54, 1.807) is 6.07 Å². The normalized spacial score (nSPS) is 15.2. The van der Waals surface area contributed by atoms with Crippen molar-refractivity contribution in [3.8, 4) is 0 Å². The summed E-state index contributed by atoms with van der Waals surface area (Å²) in [7, 11) is 0. The number of halogens is 2. The predicted octanol–water partition coefficient (Wildman–Crippen LogP) is 3.75. The van der Waals surface area contributed by atoms with Crippen molar-refractivity contribution in [3.05, 3.63) is 34.1 Å². The van der Waals surface area contributed by atoms with Crippen LogP contribution in [0.3, 0.4) is 0 Å². The molecular formula is C13H19BrFN. The molecule has 0 bridgehead atoms. The molecule has 0 aliphatic carbocycles. The Bertz CT molecular complexity index is 342. The number of benzene rings is 1. The lowest BCUT2D eigenvalue weighted by molar-refractivity contribution is 0.329. The third kappa shape index (κ3) is 3.29. The summed E-state index contributed by atoms with van der Waals surface area (Å²) < 4.78 is 13.9. The Hall–Kier alpha value is -0.410. The molecule has 0 saturated carbocycles. The van der Waals surface area contributed by atoms with E-state index in [1.165, 1.54) is 6.07 Å². The molecule has 0 aliphatic heterocycles. The van der Waals surface area contributed by atoms with Crippen LogP contribution in [0.5, 0.6) is 0 Å². The molecule has 0 aliphatic rings. The quantitative estimate of drug-likeness (QED) is 0.897. The van der Waals surface area contributed by atoms with Crippen molar-refractivity contribution in [3.63, 3.8) is 0 Å². The van der Waals surface area contributed by atoms with Crippen LogP contribution < -0.4 is 5.73 Å². The molecule has 2 unspecified atom stereocenters. The predicted molar refractivity (Wildman–Crippen MR) is 69.8 cm³/mol. The third-order valence-corrected chi connectivity index (χ3v) is 3.91. The van der Waals surface area contributed by atoms with Gasteiger partial charge in [0.15, 0.2) is 0 Å². The van der Waals surface area contributed by atoms with E-state index in [0.29, 0.717) is 16.3 Å². The molecule has 0 aromatic heterocycles. The Morgan fingerprint density at radius 3 is 2.44 bits per heavy atom. The van der Waals surface area contributed by atoms with Gasteiger partial charge in [-0.1, -0.05) is 26.0 Å². The zero-order chi connectivity index (χ0) is 12.3. The maximum Gasteiger partial charge on any atom is 0.137 e. The first kappa shape index (κ1) is 13.7. The summed E-state index contributed by atoms with van der Waals surface area (Å²) in [6, 6.07) is 5.28. The molecule has 1 rings (SSSR count). The highest BCUT2D eigenvalue weighted by Crippen LogP contribution is 2.26. The number of nitrogens with two attached hydrogens (primary N) is 1. The first-order valence-electron chi connectivity index (χ1n) is 5.62. The maximum atomic E-state index is 13.4. The second kappa shape index (κ2) is 5.78. The second-order valence-corrected chi connectivity index (χ2v) is 5.48. The molecule has 90 valence electrons. The van der Waals surface area contributed by atoms with Gasteiger partial charge in [0, 0.05) is 6.04 Å². The van der Waals surface area contributed by atoms with Gasteiger partial charge >= 0.3 is 0 Å². The molecule has 0 saturated heterocycles. The molecule has 0 radical (unpaired) electrons. The highest BCUT2D eigenvalue weighted by Gasteiger charge is 2.20. The summed E-state index contributed by atoms with van der Waals surface area (Å²) in [5, 5.41) is 0. The fourth-order valence-electron chi connectivity index (χ4n) is 1.99. The van der Waals surface area contributed by atoms with Gasteiger partial charge in [0.1, 0.15) is 5.82 Å². The summed E-state index contributed by atoms with van der Waals surface area (Å²) in [4.78, 5) is 0. The van der Waals surface area contributed by atoms with E-state index in [4.69, 9.17) is 5.73 Å². The van der Waals surface area contributed by atoms with Gasteiger partial charge < -0.3 is 5.73 Å². The number of rotatable bonds is 4. The first-order chi connectivity index (χ1) is 7.43. The second-order valence-electron chi connectivity index (χ2n) is 4.68. The van der Waals surface area contributed by atoms with Crippen LogP contribution in [0, 0.1) is 17.7 Å². The Morgan fingerprint density at radius 1 is 1.31 bits per heavy atom. The van der Waals surface area contributed by atoms with Crippen LogP contribution >= 0.6 is 15.9 Å². The Kier molecular flexibility index (Phi) is 4.93. The van der Waals surface area contributed by atoms with Gasteiger partial charge in [0.25, 0.3) is 0 Å². The summed E-state index contributed by atoms with van der Waals surface area (Å²) in [6.07, 6.45) is 0.813. The Balaban J connectivity index is 2.90. The molecule has 3 heteroatoms. The molecule has 2 atom stereocenters. The molecule has 0 fully saturated rings. The van der Waals surface area contributed by atoms with Gasteiger partial charge in [-0.25, -0.2) is 4.39 Å². The largest absolute Gasteiger partial charge is 0.328 e. The lowest BCUT2D eigenvalue weighted by Gasteiger charge is -2.25. The monoisotopic (exact) mass is 287 g/mol. The van der Waals surface area contributed by atoms with E-state index < -0.39 is 0 Å². The van der Waals surface area contributed by atoms with Crippen molar-refractivity contribution in [2.75, 3.05) is 0 Å². The molecule has 1 nitrogen and oxygen atoms in total. The van der Waals surface area contributed by atoms with Crippen molar-refractivity contribution in [1.82, 2.24) is 0 Å². The SMILES string of the molecule is CC(C)C(Cc1cccc(F)c1Br)C(C)N. The summed E-state index contributed by atoms with van der Waals surface area (Å²) in [5.74, 6) is 0.665. The molecule has 16 heavy (non-hydrogen) atoms. The fraction of sp³-hybridized carbons (Fsp3) is 0.538. The van der Waals surface area contributed by atoms with Crippen LogP contribution in [-0.4, -0.2) is 6.04 Å². The minimum Gasteiger partial charge on any atom is -0.328 e. The Labute approximate surface area is 105 Å². The first-order valence-corrected chi connectivity index (χ1v) is 6.41. The van der Waals surface area contributed by atoms with Crippen LogP contribution in [0.15, 0.2) is 22.7 Å². The lowest BCUT2D eigenvalue weighted by Crippen LogP contribution is -2.32. The molecule has 2 N–H and O–H groups in total. The van der Waals surface area contributed by atoms with E-state index in [2.05, 4.69) is 29.8 Å². The van der Waals surface area contributed by atoms with Gasteiger partial charge in [0.05, 0.1) is 4.47 Å². The van der Waals surface area contributed by atoms with Gasteiger partial charge in [-0.2, -0.15) is 0 Å². The highest BCUT2D eigenvalue weighted by atomic mass is 79.9. The summed E-state index contributed by atoms with van der Waals surface area (Å²) in [5.41, 5.74) is 6.96. The average Bonchev–Trinajstić information content (AvgIpc) is 2.19. The van der Waals surface area contributed by atoms with Gasteiger partial charge in [-0.15, -0.1) is 0 Å². The molecular weight excluding hydrogens is 269 g/mol. The van der Waals surface area contributed by atoms with Crippen molar-refractivity contribution in [2.24, 2.45) is 17.6 Å². The van der Waals surface area contributed by atoms with E-state index >= 15 is 0 Å². The van der Waals surface area contributed by atoms with E-state index in [9.17, 15) is 4.39 Å². The summed E-state index contributed by atoms with van der Waals surface area (Å²) in [6.45, 7) is 6.32. The van der Waals surface area contributed by atoms with E-state index in [1.807, 2.05) is 13.0 Å². The van der Waals surface area contributed by atoms with E-state index in [-0.39, 0.29) is 11.9 Å². The molecule has 0 spiro atoms. The van der Waals surface area contributed by atoms with Crippen LogP contribution in [-0.2, 0) is 6.42 Å². The van der Waals surface area contributed by atoms with Crippen molar-refractivity contribution in [1.29, 1.82) is 0 Å².